The molecule has 0 spiro atoms. The van der Waals surface area contributed by atoms with E-state index in [1.165, 1.54) is 0 Å². The number of rotatable bonds is 10. The van der Waals surface area contributed by atoms with Gasteiger partial charge in [0, 0.05) is 49.4 Å². The number of hydrogen-bond donors (Lipinski definition) is 0. The maximum Gasteiger partial charge on any atom is 0.187 e. The monoisotopic (exact) mass is 1120 g/mol. The molecule has 0 unspecified atom stereocenters. The standard InChI is InChI=1S/C80H46N8/c1-83-64-25-13-23-57(41-64)61-32-37-77-70(45-61)71-46-62(58-24-14-26-65(42-58)84-2)33-38-78(71)88(77)79-47-63(73-48-72(53-17-5-3-6-18-53)85-80(86-73)54-19-7-4-8-20-54)29-34-67(79)66-27-9-10-28-74(66)87-75-35-30-59(55-21-11-15-51(39-55)49-81)43-68(75)69-44-60(31-36-76(69)87)56-22-12-16-52(40-56)50-82/h3-48H. The number of nitrogens with zero attached hydrogens (tertiary/aromatic N) is 8. The van der Waals surface area contributed by atoms with Gasteiger partial charge >= 0.3 is 0 Å². The van der Waals surface area contributed by atoms with Crippen LogP contribution in [-0.2, 0) is 0 Å². The molecule has 88 heavy (non-hydrogen) atoms. The predicted molar refractivity (Wildman–Crippen MR) is 356 cm³/mol. The van der Waals surface area contributed by atoms with Crippen molar-refractivity contribution in [3.8, 4) is 113 Å². The zero-order valence-electron chi connectivity index (χ0n) is 47.1. The van der Waals surface area contributed by atoms with Crippen molar-refractivity contribution in [2.24, 2.45) is 0 Å². The van der Waals surface area contributed by atoms with E-state index in [0.29, 0.717) is 28.3 Å². The minimum Gasteiger partial charge on any atom is -0.309 e. The smallest absolute Gasteiger partial charge is 0.187 e. The van der Waals surface area contributed by atoms with Crippen molar-refractivity contribution in [1.29, 1.82) is 10.5 Å². The minimum atomic E-state index is 0.567. The molecule has 0 saturated heterocycles. The van der Waals surface area contributed by atoms with E-state index in [4.69, 9.17) is 23.1 Å². The SMILES string of the molecule is [C-]#[N+]c1cccc(-c2ccc3c(c2)c2cc(-c4cccc([N+]#[C-])c4)ccc2n3-c2cc(-c3cc(-c4ccccc4)nc(-c4ccccc4)n3)ccc2-c2ccccc2-n2c3ccc(-c4cccc(C#N)c4)cc3c3cc(-c4cccc(C#N)c4)ccc32)c1. The lowest BCUT2D eigenvalue weighted by atomic mass is 9.97. The first-order chi connectivity index (χ1) is 43.4. The molecular weight excluding hydrogens is 1070 g/mol. The average Bonchev–Trinajstić information content (AvgIpc) is 1.62. The highest BCUT2D eigenvalue weighted by atomic mass is 15.0. The quantitative estimate of drug-likeness (QED) is 0.128. The van der Waals surface area contributed by atoms with Crippen LogP contribution in [0.2, 0.25) is 0 Å². The molecule has 8 heteroatoms. The van der Waals surface area contributed by atoms with E-state index in [1.54, 1.807) is 0 Å². The lowest BCUT2D eigenvalue weighted by molar-refractivity contribution is 1.15. The summed E-state index contributed by atoms with van der Waals surface area (Å²) in [5, 5.41) is 24.0. The van der Waals surface area contributed by atoms with Crippen LogP contribution >= 0.6 is 0 Å². The largest absolute Gasteiger partial charge is 0.309 e. The average molecular weight is 1120 g/mol. The molecule has 406 valence electrons. The predicted octanol–water partition coefficient (Wildman–Crippen LogP) is 20.9. The highest BCUT2D eigenvalue weighted by molar-refractivity contribution is 6.14. The summed E-state index contributed by atoms with van der Waals surface area (Å²) in [4.78, 5) is 18.1. The maximum atomic E-state index is 9.96. The molecule has 0 radical (unpaired) electrons. The molecule has 3 heterocycles. The van der Waals surface area contributed by atoms with E-state index >= 15 is 0 Å². The van der Waals surface area contributed by atoms with Gasteiger partial charge in [-0.1, -0.05) is 176 Å². The second-order valence-corrected chi connectivity index (χ2v) is 21.8. The van der Waals surface area contributed by atoms with Crippen molar-refractivity contribution in [2.75, 3.05) is 0 Å². The zero-order valence-corrected chi connectivity index (χ0v) is 47.1. The second kappa shape index (κ2) is 21.8. The van der Waals surface area contributed by atoms with Gasteiger partial charge in [-0.15, -0.1) is 0 Å². The molecule has 0 fully saturated rings. The Bertz CT molecular complexity index is 5220. The Labute approximate surface area is 507 Å². The molecule has 12 aromatic carbocycles. The van der Waals surface area contributed by atoms with Crippen LogP contribution in [0.25, 0.3) is 154 Å². The van der Waals surface area contributed by atoms with Gasteiger partial charge in [-0.05, 0) is 148 Å². The third-order valence-corrected chi connectivity index (χ3v) is 16.6. The molecule has 0 aliphatic heterocycles. The van der Waals surface area contributed by atoms with Crippen molar-refractivity contribution in [3.05, 3.63) is 313 Å². The Morgan fingerprint density at radius 3 is 1.15 bits per heavy atom. The van der Waals surface area contributed by atoms with E-state index in [2.05, 4.69) is 177 Å². The van der Waals surface area contributed by atoms with Crippen LogP contribution in [0.4, 0.5) is 11.4 Å². The van der Waals surface area contributed by atoms with Gasteiger partial charge < -0.3 is 9.13 Å². The van der Waals surface area contributed by atoms with Crippen LogP contribution in [0.5, 0.6) is 0 Å². The Morgan fingerprint density at radius 1 is 0.295 bits per heavy atom. The first-order valence-corrected chi connectivity index (χ1v) is 28.8. The summed E-state index contributed by atoms with van der Waals surface area (Å²) < 4.78 is 4.75. The van der Waals surface area contributed by atoms with Crippen LogP contribution in [-0.4, -0.2) is 19.1 Å². The Balaban J connectivity index is 1.02. The molecule has 0 atom stereocenters. The van der Waals surface area contributed by atoms with Gasteiger partial charge in [0.25, 0.3) is 0 Å². The number of aromatic nitrogens is 4. The normalized spacial score (nSPS) is 11.1. The molecule has 0 amide bonds. The molecule has 15 aromatic rings. The third kappa shape index (κ3) is 9.26. The Hall–Kier alpha value is -12.7. The summed E-state index contributed by atoms with van der Waals surface area (Å²) in [6.45, 7) is 15.8. The van der Waals surface area contributed by atoms with E-state index in [9.17, 15) is 10.5 Å². The number of benzene rings is 12. The molecule has 0 aliphatic carbocycles. The van der Waals surface area contributed by atoms with Gasteiger partial charge in [-0.3, -0.25) is 0 Å². The molecule has 0 N–H and O–H groups in total. The first-order valence-electron chi connectivity index (χ1n) is 28.8. The van der Waals surface area contributed by atoms with E-state index in [-0.39, 0.29) is 0 Å². The Kier molecular flexibility index (Phi) is 12.9. The van der Waals surface area contributed by atoms with Crippen molar-refractivity contribution in [1.82, 2.24) is 19.1 Å². The molecule has 0 aliphatic rings. The summed E-state index contributed by atoms with van der Waals surface area (Å²) in [5.74, 6) is 0.614. The zero-order chi connectivity index (χ0) is 59.2. The van der Waals surface area contributed by atoms with E-state index in [1.807, 2.05) is 133 Å². The molecule has 15 rings (SSSR count). The fourth-order valence-electron chi connectivity index (χ4n) is 12.4. The van der Waals surface area contributed by atoms with Gasteiger partial charge in [0.15, 0.2) is 17.2 Å². The number of para-hydroxylation sites is 1. The fraction of sp³-hybridized carbons (Fsp3) is 0. The van der Waals surface area contributed by atoms with E-state index < -0.39 is 0 Å². The maximum absolute atomic E-state index is 9.96. The van der Waals surface area contributed by atoms with Crippen molar-refractivity contribution in [2.45, 2.75) is 0 Å². The lowest BCUT2D eigenvalue weighted by Crippen LogP contribution is -2.02. The summed E-state index contributed by atoms with van der Waals surface area (Å²) in [7, 11) is 0. The van der Waals surface area contributed by atoms with Gasteiger partial charge in [0.1, 0.15) is 0 Å². The lowest BCUT2D eigenvalue weighted by Gasteiger charge is -2.20. The number of hydrogen-bond acceptors (Lipinski definition) is 4. The van der Waals surface area contributed by atoms with Crippen molar-refractivity contribution in [3.63, 3.8) is 0 Å². The van der Waals surface area contributed by atoms with Crippen molar-refractivity contribution < 1.29 is 0 Å². The number of nitriles is 2. The van der Waals surface area contributed by atoms with E-state index in [0.717, 1.165) is 139 Å². The topological polar surface area (TPSA) is 91.9 Å². The second-order valence-electron chi connectivity index (χ2n) is 21.8. The third-order valence-electron chi connectivity index (χ3n) is 16.6. The van der Waals surface area contributed by atoms with Crippen LogP contribution in [0.15, 0.2) is 279 Å². The molecule has 0 saturated carbocycles. The fourth-order valence-corrected chi connectivity index (χ4v) is 12.4. The summed E-state index contributed by atoms with van der Waals surface area (Å²) in [6, 6.07) is 99.7. The first kappa shape index (κ1) is 52.1. The summed E-state index contributed by atoms with van der Waals surface area (Å²) >= 11 is 0. The van der Waals surface area contributed by atoms with Crippen LogP contribution < -0.4 is 0 Å². The summed E-state index contributed by atoms with van der Waals surface area (Å²) in [5.41, 5.74) is 22.1. The van der Waals surface area contributed by atoms with Gasteiger partial charge in [0.2, 0.25) is 0 Å². The number of fused-ring (bicyclic) bond motifs is 6. The molecule has 0 bridgehead atoms. The van der Waals surface area contributed by atoms with Gasteiger partial charge in [-0.25, -0.2) is 19.7 Å². The highest BCUT2D eigenvalue weighted by Gasteiger charge is 2.24. The summed E-state index contributed by atoms with van der Waals surface area (Å²) in [6.07, 6.45) is 0. The molecular formula is C80H46N8. The van der Waals surface area contributed by atoms with Gasteiger partial charge in [0.05, 0.1) is 81.2 Å². The molecule has 8 nitrogen and oxygen atoms in total. The van der Waals surface area contributed by atoms with Crippen LogP contribution in [0.1, 0.15) is 11.1 Å². The van der Waals surface area contributed by atoms with Crippen LogP contribution in [0.3, 0.4) is 0 Å². The highest BCUT2D eigenvalue weighted by Crippen LogP contribution is 2.45. The van der Waals surface area contributed by atoms with Gasteiger partial charge in [-0.2, -0.15) is 10.5 Å². The van der Waals surface area contributed by atoms with Crippen molar-refractivity contribution >= 4 is 55.0 Å². The molecule has 3 aromatic heterocycles. The van der Waals surface area contributed by atoms with Crippen LogP contribution in [0, 0.1) is 35.8 Å². The Morgan fingerprint density at radius 2 is 0.670 bits per heavy atom. The minimum absolute atomic E-state index is 0.567.